The van der Waals surface area contributed by atoms with Crippen LogP contribution in [0.1, 0.15) is 11.1 Å². The molecule has 0 amide bonds. The number of halogens is 7. The molecule has 2 aromatic carbocycles. The Hall–Kier alpha value is -2.91. The molecule has 0 aliphatic rings. The smallest absolute Gasteiger partial charge is 0.340 e. The molecule has 0 saturated carbocycles. The number of nitrogens with zero attached hydrogens (tertiary/aromatic N) is 2. The molecule has 136 valence electrons. The second-order valence-corrected chi connectivity index (χ2v) is 5.30. The maximum atomic E-state index is 13.4. The van der Waals surface area contributed by atoms with Crippen molar-refractivity contribution in [1.29, 1.82) is 0 Å². The van der Waals surface area contributed by atoms with E-state index in [1.54, 1.807) is 0 Å². The van der Waals surface area contributed by atoms with Crippen molar-refractivity contribution in [3.63, 3.8) is 0 Å². The van der Waals surface area contributed by atoms with E-state index in [4.69, 9.17) is 0 Å². The minimum absolute atomic E-state index is 0.0168. The van der Waals surface area contributed by atoms with E-state index in [1.807, 2.05) is 0 Å². The maximum absolute atomic E-state index is 13.4. The van der Waals surface area contributed by atoms with Gasteiger partial charge in [-0.3, -0.25) is 0 Å². The van der Waals surface area contributed by atoms with E-state index in [-0.39, 0.29) is 22.8 Å². The normalized spacial score (nSPS) is 12.4. The van der Waals surface area contributed by atoms with E-state index in [9.17, 15) is 30.7 Å². The van der Waals surface area contributed by atoms with Crippen LogP contribution in [-0.2, 0) is 12.4 Å². The molecule has 1 heterocycles. The van der Waals surface area contributed by atoms with Crippen molar-refractivity contribution in [3.8, 4) is 0 Å². The number of anilines is 2. The van der Waals surface area contributed by atoms with Gasteiger partial charge in [0.05, 0.1) is 16.6 Å². The van der Waals surface area contributed by atoms with E-state index in [1.165, 1.54) is 6.07 Å². The summed E-state index contributed by atoms with van der Waals surface area (Å²) >= 11 is 0. The Morgan fingerprint density at radius 2 is 1.38 bits per heavy atom. The Kier molecular flexibility index (Phi) is 4.21. The van der Waals surface area contributed by atoms with Crippen LogP contribution in [0.5, 0.6) is 0 Å². The van der Waals surface area contributed by atoms with Crippen LogP contribution in [0.3, 0.4) is 0 Å². The molecular formula is C16H8F7N3. The summed E-state index contributed by atoms with van der Waals surface area (Å²) in [5.74, 6) is -0.780. The van der Waals surface area contributed by atoms with Gasteiger partial charge >= 0.3 is 12.4 Å². The number of aromatic nitrogens is 2. The average Bonchev–Trinajstić information content (AvgIpc) is 2.53. The third kappa shape index (κ3) is 3.68. The zero-order valence-corrected chi connectivity index (χ0v) is 12.6. The summed E-state index contributed by atoms with van der Waals surface area (Å²) in [7, 11) is 0. The van der Waals surface area contributed by atoms with Crippen LogP contribution in [0.2, 0.25) is 0 Å². The summed E-state index contributed by atoms with van der Waals surface area (Å²) in [5, 5.41) is 2.49. The molecule has 0 spiro atoms. The summed E-state index contributed by atoms with van der Waals surface area (Å²) in [5.41, 5.74) is -3.16. The number of alkyl halides is 6. The van der Waals surface area contributed by atoms with Crippen molar-refractivity contribution in [2.24, 2.45) is 0 Å². The van der Waals surface area contributed by atoms with Gasteiger partial charge in [-0.1, -0.05) is 0 Å². The Morgan fingerprint density at radius 1 is 0.769 bits per heavy atom. The fraction of sp³-hybridized carbons (Fsp3) is 0.125. The van der Waals surface area contributed by atoms with Gasteiger partial charge < -0.3 is 5.32 Å². The average molecular weight is 375 g/mol. The molecule has 1 aromatic heterocycles. The highest BCUT2D eigenvalue weighted by molar-refractivity contribution is 5.90. The Bertz CT molecular complexity index is 932. The molecule has 3 nitrogen and oxygen atoms in total. The van der Waals surface area contributed by atoms with E-state index < -0.39 is 35.0 Å². The lowest BCUT2D eigenvalue weighted by atomic mass is 10.1. The highest BCUT2D eigenvalue weighted by Crippen LogP contribution is 2.38. The predicted molar refractivity (Wildman–Crippen MR) is 79.2 cm³/mol. The molecule has 3 rings (SSSR count). The van der Waals surface area contributed by atoms with Crippen LogP contribution >= 0.6 is 0 Å². The van der Waals surface area contributed by atoms with Crippen LogP contribution < -0.4 is 5.32 Å². The largest absolute Gasteiger partial charge is 0.416 e. The lowest BCUT2D eigenvalue weighted by molar-refractivity contribution is -0.143. The first-order chi connectivity index (χ1) is 12.0. The van der Waals surface area contributed by atoms with Gasteiger partial charge in [-0.15, -0.1) is 0 Å². The molecule has 0 saturated heterocycles. The van der Waals surface area contributed by atoms with Crippen LogP contribution in [-0.4, -0.2) is 9.97 Å². The number of rotatable bonds is 2. The van der Waals surface area contributed by atoms with Crippen molar-refractivity contribution in [3.05, 3.63) is 59.7 Å². The highest BCUT2D eigenvalue weighted by atomic mass is 19.4. The molecule has 1 N–H and O–H groups in total. The summed E-state index contributed by atoms with van der Waals surface area (Å²) in [4.78, 5) is 7.64. The topological polar surface area (TPSA) is 37.8 Å². The van der Waals surface area contributed by atoms with Crippen molar-refractivity contribution >= 4 is 22.4 Å². The third-order valence-corrected chi connectivity index (χ3v) is 3.45. The molecule has 0 aliphatic carbocycles. The van der Waals surface area contributed by atoms with E-state index in [0.717, 1.165) is 18.5 Å². The van der Waals surface area contributed by atoms with Crippen LogP contribution in [0.15, 0.2) is 42.7 Å². The summed E-state index contributed by atoms with van der Waals surface area (Å²) in [6.07, 6.45) is -8.89. The van der Waals surface area contributed by atoms with Gasteiger partial charge in [0.15, 0.2) is 0 Å². The van der Waals surface area contributed by atoms with E-state index in [2.05, 4.69) is 15.3 Å². The Labute approximate surface area is 141 Å². The zero-order chi connectivity index (χ0) is 19.1. The van der Waals surface area contributed by atoms with Gasteiger partial charge in [0.1, 0.15) is 18.0 Å². The monoisotopic (exact) mass is 375 g/mol. The van der Waals surface area contributed by atoms with Crippen molar-refractivity contribution < 1.29 is 30.7 Å². The Morgan fingerprint density at radius 3 is 1.96 bits per heavy atom. The number of hydrogen-bond donors (Lipinski definition) is 1. The fourth-order valence-electron chi connectivity index (χ4n) is 2.29. The van der Waals surface area contributed by atoms with Crippen molar-refractivity contribution in [2.75, 3.05) is 5.32 Å². The van der Waals surface area contributed by atoms with Crippen LogP contribution in [0.4, 0.5) is 42.2 Å². The molecule has 0 atom stereocenters. The number of fused-ring (bicyclic) bond motifs is 1. The van der Waals surface area contributed by atoms with Gasteiger partial charge in [-0.05, 0) is 36.4 Å². The van der Waals surface area contributed by atoms with E-state index >= 15 is 0 Å². The zero-order valence-electron chi connectivity index (χ0n) is 12.6. The van der Waals surface area contributed by atoms with Crippen molar-refractivity contribution in [1.82, 2.24) is 9.97 Å². The number of benzene rings is 2. The second-order valence-electron chi connectivity index (χ2n) is 5.30. The molecule has 0 radical (unpaired) electrons. The first-order valence-electron chi connectivity index (χ1n) is 7.01. The van der Waals surface area contributed by atoms with Gasteiger partial charge in [-0.25, -0.2) is 14.4 Å². The first kappa shape index (κ1) is 17.9. The lowest BCUT2D eigenvalue weighted by Crippen LogP contribution is -2.11. The predicted octanol–water partition coefficient (Wildman–Crippen LogP) is 5.55. The summed E-state index contributed by atoms with van der Waals surface area (Å²) in [6.45, 7) is 0. The molecule has 26 heavy (non-hydrogen) atoms. The standard InChI is InChI=1S/C16H8F7N3/c17-10-1-2-13-12(6-10)14(25-7-24-13)26-11-4-8(15(18,19)20)3-9(5-11)16(21,22)23/h1-7H,(H,24,25,26). The lowest BCUT2D eigenvalue weighted by Gasteiger charge is -2.15. The molecular weight excluding hydrogens is 367 g/mol. The quantitative estimate of drug-likeness (QED) is 0.597. The number of nitrogens with one attached hydrogen (secondary N) is 1. The molecule has 0 aliphatic heterocycles. The first-order valence-corrected chi connectivity index (χ1v) is 7.01. The molecule has 3 aromatic rings. The fourth-order valence-corrected chi connectivity index (χ4v) is 2.29. The van der Waals surface area contributed by atoms with E-state index in [0.29, 0.717) is 12.1 Å². The molecule has 0 fully saturated rings. The minimum atomic E-state index is -4.97. The SMILES string of the molecule is Fc1ccc2ncnc(Nc3cc(C(F)(F)F)cc(C(F)(F)F)c3)c2c1. The summed E-state index contributed by atoms with van der Waals surface area (Å²) < 4.78 is 90.9. The molecule has 10 heteroatoms. The Balaban J connectivity index is 2.12. The minimum Gasteiger partial charge on any atom is -0.340 e. The maximum Gasteiger partial charge on any atom is 0.416 e. The van der Waals surface area contributed by atoms with Gasteiger partial charge in [-0.2, -0.15) is 26.3 Å². The van der Waals surface area contributed by atoms with Crippen LogP contribution in [0.25, 0.3) is 10.9 Å². The van der Waals surface area contributed by atoms with Crippen LogP contribution in [0, 0.1) is 5.82 Å². The third-order valence-electron chi connectivity index (χ3n) is 3.45. The van der Waals surface area contributed by atoms with Gasteiger partial charge in [0.2, 0.25) is 0 Å². The second kappa shape index (κ2) is 6.11. The summed E-state index contributed by atoms with van der Waals surface area (Å²) in [6, 6.07) is 4.50. The van der Waals surface area contributed by atoms with Gasteiger partial charge in [0, 0.05) is 11.1 Å². The highest BCUT2D eigenvalue weighted by Gasteiger charge is 2.37. The van der Waals surface area contributed by atoms with Crippen molar-refractivity contribution in [2.45, 2.75) is 12.4 Å². The molecule has 0 bridgehead atoms. The van der Waals surface area contributed by atoms with Gasteiger partial charge in [0.25, 0.3) is 0 Å². The number of hydrogen-bond acceptors (Lipinski definition) is 3. The molecule has 0 unspecified atom stereocenters.